The first kappa shape index (κ1) is 18.5. The molecule has 2 rings (SSSR count). The minimum Gasteiger partial charge on any atom is -0.465 e. The quantitative estimate of drug-likeness (QED) is 0.553. The van der Waals surface area contributed by atoms with E-state index in [0.29, 0.717) is 22.8 Å². The van der Waals surface area contributed by atoms with Gasteiger partial charge < -0.3 is 24.0 Å². The molecule has 2 N–H and O–H groups in total. The van der Waals surface area contributed by atoms with Crippen LogP contribution in [-0.2, 0) is 15.3 Å². The van der Waals surface area contributed by atoms with E-state index < -0.39 is 13.9 Å². The highest BCUT2D eigenvalue weighted by atomic mass is 31.2. The van der Waals surface area contributed by atoms with Crippen LogP contribution >= 0.6 is 7.60 Å². The van der Waals surface area contributed by atoms with Crippen LogP contribution in [0.1, 0.15) is 19.4 Å². The number of hydrogen-bond donors (Lipinski definition) is 2. The number of rotatable bonds is 8. The van der Waals surface area contributed by atoms with E-state index in [0.717, 1.165) is 0 Å². The maximum absolute atomic E-state index is 11.7. The summed E-state index contributed by atoms with van der Waals surface area (Å²) in [6.45, 7) is 3.41. The van der Waals surface area contributed by atoms with E-state index in [2.05, 4.69) is 0 Å². The number of benzene rings is 2. The second kappa shape index (κ2) is 8.31. The highest BCUT2D eigenvalue weighted by Gasteiger charge is 2.18. The molecule has 0 aromatic heterocycles. The lowest BCUT2D eigenvalue weighted by atomic mass is 10.2. The number of aliphatic hydroxyl groups excluding tert-OH is 1. The van der Waals surface area contributed by atoms with Gasteiger partial charge in [-0.15, -0.1) is 0 Å². The molecule has 0 aliphatic heterocycles. The van der Waals surface area contributed by atoms with Crippen molar-refractivity contribution in [2.45, 2.75) is 26.3 Å². The van der Waals surface area contributed by atoms with E-state index in [4.69, 9.17) is 19.1 Å². The topological polar surface area (TPSA) is 85.2 Å². The second-order valence-electron chi connectivity index (χ2n) is 5.15. The van der Waals surface area contributed by atoms with Crippen molar-refractivity contribution in [3.05, 3.63) is 54.1 Å². The molecule has 0 radical (unpaired) electrons. The summed E-state index contributed by atoms with van der Waals surface area (Å²) in [7, 11) is -3.59. The van der Waals surface area contributed by atoms with Crippen molar-refractivity contribution < 1.29 is 28.6 Å². The van der Waals surface area contributed by atoms with Gasteiger partial charge in [0.15, 0.2) is 6.29 Å². The van der Waals surface area contributed by atoms with Crippen LogP contribution in [-0.4, -0.2) is 22.9 Å². The van der Waals surface area contributed by atoms with Gasteiger partial charge in [-0.1, -0.05) is 12.1 Å². The van der Waals surface area contributed by atoms with Gasteiger partial charge in [-0.25, -0.2) is 0 Å². The average molecular weight is 352 g/mol. The molecule has 24 heavy (non-hydrogen) atoms. The van der Waals surface area contributed by atoms with E-state index in [1.54, 1.807) is 55.5 Å². The fraction of sp³-hybridized carbons (Fsp3) is 0.294. The largest absolute Gasteiger partial charge is 0.465 e. The van der Waals surface area contributed by atoms with E-state index in [1.165, 1.54) is 6.92 Å². The maximum Gasteiger partial charge on any atom is 0.332 e. The Hall–Kier alpha value is -1.85. The molecular formula is C17H21O6P. The lowest BCUT2D eigenvalue weighted by Gasteiger charge is -2.12. The third-order valence-corrected chi connectivity index (χ3v) is 4.43. The standard InChI is InChI=1S/C17H21O6P/c1-3-21-24(19,20)12-14-4-6-16(7-5-14)23-17-10-8-15(9-11-17)22-13(2)18/h4-11,13,18H,3,12H2,1-2H3,(H,19,20). The summed E-state index contributed by atoms with van der Waals surface area (Å²) in [5.74, 6) is 1.76. The van der Waals surface area contributed by atoms with Gasteiger partial charge in [0.1, 0.15) is 17.2 Å². The summed E-state index contributed by atoms with van der Waals surface area (Å²) < 4.78 is 27.4. The zero-order valence-electron chi connectivity index (χ0n) is 13.6. The van der Waals surface area contributed by atoms with Crippen LogP contribution in [0.4, 0.5) is 0 Å². The molecule has 0 spiro atoms. The van der Waals surface area contributed by atoms with Crippen LogP contribution in [0.5, 0.6) is 17.2 Å². The molecule has 0 fully saturated rings. The van der Waals surface area contributed by atoms with Gasteiger partial charge in [-0.2, -0.15) is 0 Å². The highest BCUT2D eigenvalue weighted by Crippen LogP contribution is 2.45. The van der Waals surface area contributed by atoms with Gasteiger partial charge in [-0.3, -0.25) is 4.57 Å². The van der Waals surface area contributed by atoms with E-state index in [-0.39, 0.29) is 12.8 Å². The zero-order chi connectivity index (χ0) is 17.6. The summed E-state index contributed by atoms with van der Waals surface area (Å²) in [5.41, 5.74) is 0.697. The van der Waals surface area contributed by atoms with Gasteiger partial charge in [0, 0.05) is 0 Å². The van der Waals surface area contributed by atoms with Crippen LogP contribution in [0.25, 0.3) is 0 Å². The molecule has 2 unspecified atom stereocenters. The number of ether oxygens (including phenoxy) is 2. The molecule has 0 saturated carbocycles. The Morgan fingerprint density at radius 1 is 1.00 bits per heavy atom. The summed E-state index contributed by atoms with van der Waals surface area (Å²) in [5, 5.41) is 9.15. The van der Waals surface area contributed by atoms with Crippen molar-refractivity contribution in [3.63, 3.8) is 0 Å². The Bertz CT molecular complexity index is 681. The molecule has 2 aromatic rings. The maximum atomic E-state index is 11.7. The molecule has 0 bridgehead atoms. The average Bonchev–Trinajstić information content (AvgIpc) is 2.50. The summed E-state index contributed by atoms with van der Waals surface area (Å²) in [6, 6.07) is 13.7. The van der Waals surface area contributed by atoms with Crippen molar-refractivity contribution in [2.75, 3.05) is 6.61 Å². The van der Waals surface area contributed by atoms with Crippen molar-refractivity contribution in [2.24, 2.45) is 0 Å². The van der Waals surface area contributed by atoms with Crippen LogP contribution in [0.15, 0.2) is 48.5 Å². The smallest absolute Gasteiger partial charge is 0.332 e. The summed E-state index contributed by atoms with van der Waals surface area (Å²) in [6.07, 6.45) is -0.907. The van der Waals surface area contributed by atoms with Gasteiger partial charge in [0.2, 0.25) is 0 Å². The van der Waals surface area contributed by atoms with Gasteiger partial charge in [0.05, 0.1) is 12.8 Å². The first-order valence-corrected chi connectivity index (χ1v) is 9.32. The Morgan fingerprint density at radius 3 is 2.00 bits per heavy atom. The van der Waals surface area contributed by atoms with Gasteiger partial charge in [0.25, 0.3) is 0 Å². The van der Waals surface area contributed by atoms with Crippen LogP contribution in [0.3, 0.4) is 0 Å². The fourth-order valence-corrected chi connectivity index (χ4v) is 3.23. The Labute approximate surface area is 141 Å². The normalized spacial score (nSPS) is 14.7. The molecule has 7 heteroatoms. The zero-order valence-corrected chi connectivity index (χ0v) is 14.5. The first-order chi connectivity index (χ1) is 11.4. The van der Waals surface area contributed by atoms with Crippen molar-refractivity contribution in [1.82, 2.24) is 0 Å². The predicted octanol–water partition coefficient (Wildman–Crippen LogP) is 3.92. The summed E-state index contributed by atoms with van der Waals surface area (Å²) >= 11 is 0. The van der Waals surface area contributed by atoms with Crippen LogP contribution in [0.2, 0.25) is 0 Å². The molecule has 130 valence electrons. The Balaban J connectivity index is 1.97. The molecular weight excluding hydrogens is 331 g/mol. The molecule has 0 heterocycles. The van der Waals surface area contributed by atoms with Gasteiger partial charge in [-0.05, 0) is 55.8 Å². The SMILES string of the molecule is CCOP(=O)(O)Cc1ccc(Oc2ccc(OC(C)O)cc2)cc1. The second-order valence-corrected chi connectivity index (χ2v) is 7.00. The Morgan fingerprint density at radius 2 is 1.50 bits per heavy atom. The minimum atomic E-state index is -3.59. The van der Waals surface area contributed by atoms with E-state index in [9.17, 15) is 9.46 Å². The third kappa shape index (κ3) is 5.98. The van der Waals surface area contributed by atoms with Crippen molar-refractivity contribution in [3.8, 4) is 17.2 Å². The predicted molar refractivity (Wildman–Crippen MR) is 90.4 cm³/mol. The molecule has 2 aromatic carbocycles. The first-order valence-electron chi connectivity index (χ1n) is 7.56. The van der Waals surface area contributed by atoms with E-state index in [1.807, 2.05) is 0 Å². The minimum absolute atomic E-state index is 0.0352. The van der Waals surface area contributed by atoms with Crippen LogP contribution in [0, 0.1) is 0 Å². The van der Waals surface area contributed by atoms with Gasteiger partial charge >= 0.3 is 7.60 Å². The number of hydrogen-bond acceptors (Lipinski definition) is 5. The van der Waals surface area contributed by atoms with Crippen molar-refractivity contribution in [1.29, 1.82) is 0 Å². The molecule has 0 saturated heterocycles. The number of aliphatic hydroxyl groups is 1. The Kier molecular flexibility index (Phi) is 6.40. The lowest BCUT2D eigenvalue weighted by molar-refractivity contribution is -0.000326. The van der Waals surface area contributed by atoms with E-state index >= 15 is 0 Å². The molecule has 0 aliphatic carbocycles. The molecule has 6 nitrogen and oxygen atoms in total. The lowest BCUT2D eigenvalue weighted by Crippen LogP contribution is -2.09. The molecule has 0 aliphatic rings. The fourth-order valence-electron chi connectivity index (χ4n) is 2.06. The third-order valence-electron chi connectivity index (χ3n) is 3.00. The van der Waals surface area contributed by atoms with Crippen LogP contribution < -0.4 is 9.47 Å². The highest BCUT2D eigenvalue weighted by molar-refractivity contribution is 7.51. The van der Waals surface area contributed by atoms with Crippen molar-refractivity contribution >= 4 is 7.60 Å². The molecule has 2 atom stereocenters. The monoisotopic (exact) mass is 352 g/mol. The summed E-state index contributed by atoms with van der Waals surface area (Å²) in [4.78, 5) is 9.63. The molecule has 0 amide bonds.